The number of nitrogens with zero attached hydrogens (tertiary/aromatic N) is 1. The fourth-order valence-electron chi connectivity index (χ4n) is 2.73. The van der Waals surface area contributed by atoms with E-state index in [0.29, 0.717) is 0 Å². The molecule has 0 heterocycles. The Morgan fingerprint density at radius 1 is 1.35 bits per heavy atom. The van der Waals surface area contributed by atoms with Gasteiger partial charge in [-0.3, -0.25) is 4.99 Å². The summed E-state index contributed by atoms with van der Waals surface area (Å²) < 4.78 is 13.6. The molecule has 1 unspecified atom stereocenters. The Balaban J connectivity index is 2.89. The molecule has 2 heteroatoms. The van der Waals surface area contributed by atoms with Crippen LogP contribution in [0, 0.1) is 12.7 Å². The predicted octanol–water partition coefficient (Wildman–Crippen LogP) is 6.51. The fraction of sp³-hybridized carbons (Fsp3) is 0.381. The number of allylic oxidation sites excluding steroid dienone is 4. The maximum absolute atomic E-state index is 13.6. The summed E-state index contributed by atoms with van der Waals surface area (Å²) in [5.41, 5.74) is 5.43. The zero-order chi connectivity index (χ0) is 17.4. The average Bonchev–Trinajstić information content (AvgIpc) is 2.53. The molecule has 0 aliphatic heterocycles. The van der Waals surface area contributed by atoms with E-state index in [0.717, 1.165) is 47.2 Å². The fourth-order valence-corrected chi connectivity index (χ4v) is 2.73. The van der Waals surface area contributed by atoms with Gasteiger partial charge in [-0.15, -0.1) is 6.58 Å². The van der Waals surface area contributed by atoms with Gasteiger partial charge in [-0.1, -0.05) is 24.3 Å². The maximum atomic E-state index is 13.6. The van der Waals surface area contributed by atoms with E-state index < -0.39 is 0 Å². The Hall–Kier alpha value is -1.96. The average molecular weight is 313 g/mol. The Bertz CT molecular complexity index is 623. The van der Waals surface area contributed by atoms with Gasteiger partial charge in [-0.25, -0.2) is 4.39 Å². The van der Waals surface area contributed by atoms with Crippen molar-refractivity contribution in [2.45, 2.75) is 52.9 Å². The number of aliphatic imine (C=N–C) groups is 1. The van der Waals surface area contributed by atoms with Crippen molar-refractivity contribution in [3.63, 3.8) is 0 Å². The van der Waals surface area contributed by atoms with Crippen molar-refractivity contribution in [3.05, 3.63) is 71.2 Å². The van der Waals surface area contributed by atoms with Crippen molar-refractivity contribution in [2.75, 3.05) is 0 Å². The standard InChI is InChI=1S/C21H28FN/c1-7-9-19(21-14-20(22)13-11-16(21)4)12-10-15(3)17(5)18(6)23-8-2/h7-8,11,13-14,19H,1,3,9-10,12H2,2,4-6H3/b18-17-,23-8-. The lowest BCUT2D eigenvalue weighted by atomic mass is 9.86. The van der Waals surface area contributed by atoms with Gasteiger partial charge in [0.2, 0.25) is 0 Å². The van der Waals surface area contributed by atoms with E-state index in [1.807, 2.05) is 32.9 Å². The molecule has 0 aliphatic rings. The van der Waals surface area contributed by atoms with Crippen LogP contribution in [0.5, 0.6) is 0 Å². The van der Waals surface area contributed by atoms with E-state index in [2.05, 4.69) is 25.1 Å². The number of rotatable bonds is 8. The molecule has 0 N–H and O–H groups in total. The van der Waals surface area contributed by atoms with Gasteiger partial charge in [0.1, 0.15) is 5.82 Å². The lowest BCUT2D eigenvalue weighted by Gasteiger charge is -2.19. The van der Waals surface area contributed by atoms with Crippen molar-refractivity contribution < 1.29 is 4.39 Å². The first kappa shape index (κ1) is 19.1. The third kappa shape index (κ3) is 5.63. The van der Waals surface area contributed by atoms with Crippen LogP contribution in [0.25, 0.3) is 0 Å². The highest BCUT2D eigenvalue weighted by Crippen LogP contribution is 2.31. The third-order valence-corrected chi connectivity index (χ3v) is 4.32. The minimum atomic E-state index is -0.178. The molecule has 1 nitrogen and oxygen atoms in total. The SMILES string of the molecule is C=CCC(CCC(=C)/C(C)=C(C)\N=C/C)c1cc(F)ccc1C. The Morgan fingerprint density at radius 3 is 2.65 bits per heavy atom. The highest BCUT2D eigenvalue weighted by Gasteiger charge is 2.14. The van der Waals surface area contributed by atoms with Gasteiger partial charge < -0.3 is 0 Å². The van der Waals surface area contributed by atoms with Crippen LogP contribution in [0.4, 0.5) is 4.39 Å². The molecule has 124 valence electrons. The Labute approximate surface area is 140 Å². The number of halogens is 1. The van der Waals surface area contributed by atoms with E-state index in [9.17, 15) is 4.39 Å². The molecule has 1 aromatic rings. The summed E-state index contributed by atoms with van der Waals surface area (Å²) in [4.78, 5) is 4.32. The second-order valence-electron chi connectivity index (χ2n) is 5.96. The van der Waals surface area contributed by atoms with Crippen molar-refractivity contribution in [1.29, 1.82) is 0 Å². The summed E-state index contributed by atoms with van der Waals surface area (Å²) in [5, 5.41) is 0. The predicted molar refractivity (Wildman–Crippen MR) is 99.6 cm³/mol. The number of aryl methyl sites for hydroxylation is 1. The molecule has 0 spiro atoms. The summed E-state index contributed by atoms with van der Waals surface area (Å²) in [6.45, 7) is 16.0. The van der Waals surface area contributed by atoms with Crippen LogP contribution in [0.3, 0.4) is 0 Å². The van der Waals surface area contributed by atoms with E-state index in [1.54, 1.807) is 12.3 Å². The molecule has 0 radical (unpaired) electrons. The molecule has 0 bridgehead atoms. The minimum absolute atomic E-state index is 0.178. The monoisotopic (exact) mass is 313 g/mol. The van der Waals surface area contributed by atoms with E-state index in [4.69, 9.17) is 0 Å². The van der Waals surface area contributed by atoms with Crippen LogP contribution in [-0.4, -0.2) is 6.21 Å². The molecular formula is C21H28FN. The highest BCUT2D eigenvalue weighted by atomic mass is 19.1. The van der Waals surface area contributed by atoms with Gasteiger partial charge in [-0.2, -0.15) is 0 Å². The smallest absolute Gasteiger partial charge is 0.123 e. The van der Waals surface area contributed by atoms with E-state index in [-0.39, 0.29) is 11.7 Å². The van der Waals surface area contributed by atoms with Gasteiger partial charge >= 0.3 is 0 Å². The lowest BCUT2D eigenvalue weighted by molar-refractivity contribution is 0.600. The first-order valence-electron chi connectivity index (χ1n) is 8.11. The van der Waals surface area contributed by atoms with E-state index >= 15 is 0 Å². The van der Waals surface area contributed by atoms with Gasteiger partial charge in [0.15, 0.2) is 0 Å². The van der Waals surface area contributed by atoms with Crippen LogP contribution in [0.2, 0.25) is 0 Å². The van der Waals surface area contributed by atoms with Gasteiger partial charge in [0.05, 0.1) is 0 Å². The lowest BCUT2D eigenvalue weighted by Crippen LogP contribution is -2.02. The van der Waals surface area contributed by atoms with Crippen molar-refractivity contribution in [1.82, 2.24) is 0 Å². The molecule has 0 aliphatic carbocycles. The van der Waals surface area contributed by atoms with Gasteiger partial charge in [0.25, 0.3) is 0 Å². The molecule has 1 rings (SSSR count). The van der Waals surface area contributed by atoms with Crippen molar-refractivity contribution in [2.24, 2.45) is 4.99 Å². The second-order valence-corrected chi connectivity index (χ2v) is 5.96. The summed E-state index contributed by atoms with van der Waals surface area (Å²) in [6.07, 6.45) is 6.34. The summed E-state index contributed by atoms with van der Waals surface area (Å²) in [6, 6.07) is 5.02. The first-order valence-corrected chi connectivity index (χ1v) is 8.11. The highest BCUT2D eigenvalue weighted by molar-refractivity contribution is 5.55. The molecule has 0 fully saturated rings. The number of hydrogen-bond acceptors (Lipinski definition) is 1. The van der Waals surface area contributed by atoms with Gasteiger partial charge in [0, 0.05) is 11.9 Å². The zero-order valence-corrected chi connectivity index (χ0v) is 14.8. The van der Waals surface area contributed by atoms with Crippen LogP contribution in [0.1, 0.15) is 57.1 Å². The van der Waals surface area contributed by atoms with Crippen LogP contribution in [-0.2, 0) is 0 Å². The van der Waals surface area contributed by atoms with Gasteiger partial charge in [-0.05, 0) is 81.7 Å². The van der Waals surface area contributed by atoms with Crippen LogP contribution >= 0.6 is 0 Å². The second kappa shape index (κ2) is 9.24. The molecule has 0 saturated carbocycles. The quantitative estimate of drug-likeness (QED) is 0.294. The Morgan fingerprint density at radius 2 is 2.04 bits per heavy atom. The summed E-state index contributed by atoms with van der Waals surface area (Å²) in [7, 11) is 0. The zero-order valence-electron chi connectivity index (χ0n) is 14.8. The molecule has 0 saturated heterocycles. The summed E-state index contributed by atoms with van der Waals surface area (Å²) >= 11 is 0. The van der Waals surface area contributed by atoms with Crippen molar-refractivity contribution in [3.8, 4) is 0 Å². The minimum Gasteiger partial charge on any atom is -0.266 e. The molecular weight excluding hydrogens is 285 g/mol. The van der Waals surface area contributed by atoms with Crippen LogP contribution < -0.4 is 0 Å². The topological polar surface area (TPSA) is 12.4 Å². The molecule has 1 atom stereocenters. The normalized spacial score (nSPS) is 13.8. The first-order chi connectivity index (χ1) is 10.9. The Kier molecular flexibility index (Phi) is 7.67. The van der Waals surface area contributed by atoms with Crippen molar-refractivity contribution >= 4 is 6.21 Å². The maximum Gasteiger partial charge on any atom is 0.123 e. The molecule has 1 aromatic carbocycles. The number of benzene rings is 1. The summed E-state index contributed by atoms with van der Waals surface area (Å²) in [5.74, 6) is 0.0884. The molecule has 0 amide bonds. The molecule has 0 aromatic heterocycles. The largest absolute Gasteiger partial charge is 0.266 e. The van der Waals surface area contributed by atoms with Crippen LogP contribution in [0.15, 0.2) is 59.3 Å². The number of hydrogen-bond donors (Lipinski definition) is 0. The van der Waals surface area contributed by atoms with E-state index in [1.165, 1.54) is 6.07 Å². The third-order valence-electron chi connectivity index (χ3n) is 4.32. The molecule has 23 heavy (non-hydrogen) atoms.